The Bertz CT molecular complexity index is 631. The van der Waals surface area contributed by atoms with Crippen LogP contribution < -0.4 is 5.56 Å². The third-order valence-electron chi connectivity index (χ3n) is 3.12. The third-order valence-corrected chi connectivity index (χ3v) is 4.28. The molecule has 1 aliphatic rings. The van der Waals surface area contributed by atoms with Gasteiger partial charge in [-0.25, -0.2) is 4.98 Å². The van der Waals surface area contributed by atoms with Crippen molar-refractivity contribution in [3.8, 4) is 0 Å². The van der Waals surface area contributed by atoms with Crippen LogP contribution in [0.15, 0.2) is 34.2 Å². The van der Waals surface area contributed by atoms with Crippen molar-refractivity contribution >= 4 is 22.7 Å². The lowest BCUT2D eigenvalue weighted by molar-refractivity contribution is 0.618. The van der Waals surface area contributed by atoms with Crippen LogP contribution in [0.5, 0.6) is 0 Å². The van der Waals surface area contributed by atoms with Gasteiger partial charge in [0.1, 0.15) is 0 Å². The molecular formula is C14H16N2OS. The van der Waals surface area contributed by atoms with Crippen LogP contribution in [-0.4, -0.2) is 15.3 Å². The minimum absolute atomic E-state index is 0.127. The predicted octanol–water partition coefficient (Wildman–Crippen LogP) is 3.23. The van der Waals surface area contributed by atoms with Crippen molar-refractivity contribution in [1.82, 2.24) is 9.55 Å². The second-order valence-corrected chi connectivity index (χ2v) is 5.73. The number of rotatable bonds is 4. The van der Waals surface area contributed by atoms with Crippen molar-refractivity contribution in [3.05, 3.63) is 34.6 Å². The van der Waals surface area contributed by atoms with Crippen LogP contribution in [0.25, 0.3) is 10.9 Å². The molecule has 0 N–H and O–H groups in total. The Morgan fingerprint density at radius 1 is 1.39 bits per heavy atom. The average Bonchev–Trinajstić information content (AvgIpc) is 3.21. The van der Waals surface area contributed by atoms with E-state index in [1.165, 1.54) is 0 Å². The molecule has 3 nitrogen and oxygen atoms in total. The third kappa shape index (κ3) is 2.05. The predicted molar refractivity (Wildman–Crippen MR) is 75.3 cm³/mol. The molecule has 2 aromatic rings. The number of fused-ring (bicyclic) bond motifs is 1. The molecule has 0 atom stereocenters. The first-order valence-electron chi connectivity index (χ1n) is 6.45. The lowest BCUT2D eigenvalue weighted by Gasteiger charge is -2.11. The summed E-state index contributed by atoms with van der Waals surface area (Å²) in [6, 6.07) is 8.02. The first-order chi connectivity index (χ1) is 8.81. The minimum atomic E-state index is 0.127. The van der Waals surface area contributed by atoms with Crippen LogP contribution in [0.3, 0.4) is 0 Å². The summed E-state index contributed by atoms with van der Waals surface area (Å²) < 4.78 is 1.91. The second-order valence-electron chi connectivity index (χ2n) is 4.67. The van der Waals surface area contributed by atoms with Gasteiger partial charge < -0.3 is 0 Å². The molecule has 1 aromatic heterocycles. The molecule has 4 heteroatoms. The van der Waals surface area contributed by atoms with Gasteiger partial charge in [-0.15, -0.1) is 0 Å². The first-order valence-corrected chi connectivity index (χ1v) is 7.44. The van der Waals surface area contributed by atoms with Crippen LogP contribution in [-0.2, 0) is 0 Å². The molecule has 1 aliphatic carbocycles. The van der Waals surface area contributed by atoms with Gasteiger partial charge in [-0.3, -0.25) is 9.36 Å². The van der Waals surface area contributed by atoms with Gasteiger partial charge in [0, 0.05) is 11.8 Å². The fraction of sp³-hybridized carbons (Fsp3) is 0.429. The zero-order valence-electron chi connectivity index (χ0n) is 10.4. The molecule has 1 heterocycles. The normalized spacial score (nSPS) is 15.2. The number of hydrogen-bond donors (Lipinski definition) is 0. The lowest BCUT2D eigenvalue weighted by atomic mass is 10.2. The molecule has 0 spiro atoms. The topological polar surface area (TPSA) is 34.9 Å². The van der Waals surface area contributed by atoms with Gasteiger partial charge in [0.15, 0.2) is 5.16 Å². The Hall–Kier alpha value is -1.29. The van der Waals surface area contributed by atoms with Crippen molar-refractivity contribution in [3.63, 3.8) is 0 Å². The van der Waals surface area contributed by atoms with Gasteiger partial charge in [0.05, 0.1) is 10.9 Å². The van der Waals surface area contributed by atoms with E-state index in [1.54, 1.807) is 11.8 Å². The summed E-state index contributed by atoms with van der Waals surface area (Å²) >= 11 is 1.70. The van der Waals surface area contributed by atoms with Gasteiger partial charge >= 0.3 is 0 Å². The minimum Gasteiger partial charge on any atom is -0.284 e. The van der Waals surface area contributed by atoms with E-state index in [4.69, 9.17) is 0 Å². The SMILES string of the molecule is CCCSc1nc2ccccc2c(=O)n1C1CC1. The number of para-hydroxylation sites is 1. The summed E-state index contributed by atoms with van der Waals surface area (Å²) in [5, 5.41) is 1.63. The molecule has 1 aromatic carbocycles. The molecule has 94 valence electrons. The average molecular weight is 260 g/mol. The van der Waals surface area contributed by atoms with Gasteiger partial charge in [0.25, 0.3) is 5.56 Å². The Kier molecular flexibility index (Phi) is 3.12. The molecule has 1 fully saturated rings. The number of hydrogen-bond acceptors (Lipinski definition) is 3. The molecule has 0 radical (unpaired) electrons. The maximum atomic E-state index is 12.5. The van der Waals surface area contributed by atoms with E-state index in [1.807, 2.05) is 28.8 Å². The molecular weight excluding hydrogens is 244 g/mol. The molecule has 1 saturated carbocycles. The van der Waals surface area contributed by atoms with Crippen molar-refractivity contribution in [1.29, 1.82) is 0 Å². The maximum Gasteiger partial charge on any atom is 0.262 e. The molecule has 0 bridgehead atoms. The number of nitrogens with zero attached hydrogens (tertiary/aromatic N) is 2. The van der Waals surface area contributed by atoms with Crippen LogP contribution in [0.2, 0.25) is 0 Å². The molecule has 18 heavy (non-hydrogen) atoms. The van der Waals surface area contributed by atoms with Crippen LogP contribution >= 0.6 is 11.8 Å². The van der Waals surface area contributed by atoms with Crippen molar-refractivity contribution in [2.24, 2.45) is 0 Å². The van der Waals surface area contributed by atoms with E-state index in [0.717, 1.165) is 41.1 Å². The number of thioether (sulfide) groups is 1. The molecule has 3 rings (SSSR count). The Morgan fingerprint density at radius 3 is 2.89 bits per heavy atom. The smallest absolute Gasteiger partial charge is 0.262 e. The summed E-state index contributed by atoms with van der Waals surface area (Å²) in [7, 11) is 0. The van der Waals surface area contributed by atoms with E-state index < -0.39 is 0 Å². The summed E-state index contributed by atoms with van der Waals surface area (Å²) in [6.45, 7) is 2.15. The Balaban J connectivity index is 2.19. The highest BCUT2D eigenvalue weighted by atomic mass is 32.2. The van der Waals surface area contributed by atoms with Crippen LogP contribution in [0.1, 0.15) is 32.2 Å². The number of aromatic nitrogens is 2. The lowest BCUT2D eigenvalue weighted by Crippen LogP contribution is -2.22. The molecule has 0 unspecified atom stereocenters. The first kappa shape index (κ1) is 11.8. The zero-order chi connectivity index (χ0) is 12.5. The standard InChI is InChI=1S/C14H16N2OS/c1-2-9-18-14-15-12-6-4-3-5-11(12)13(17)16(14)10-7-8-10/h3-6,10H,2,7-9H2,1H3. The van der Waals surface area contributed by atoms with E-state index in [2.05, 4.69) is 11.9 Å². The Labute approximate surface area is 110 Å². The van der Waals surface area contributed by atoms with Crippen LogP contribution in [0.4, 0.5) is 0 Å². The summed E-state index contributed by atoms with van der Waals surface area (Å²) in [5.41, 5.74) is 0.944. The molecule has 0 saturated heterocycles. The fourth-order valence-electron chi connectivity index (χ4n) is 2.08. The van der Waals surface area contributed by atoms with Gasteiger partial charge in [0.2, 0.25) is 0 Å². The zero-order valence-corrected chi connectivity index (χ0v) is 11.2. The van der Waals surface area contributed by atoms with Gasteiger partial charge in [-0.05, 0) is 31.4 Å². The maximum absolute atomic E-state index is 12.5. The monoisotopic (exact) mass is 260 g/mol. The molecule has 0 aliphatic heterocycles. The van der Waals surface area contributed by atoms with E-state index >= 15 is 0 Å². The summed E-state index contributed by atoms with van der Waals surface area (Å²) in [6.07, 6.45) is 3.32. The van der Waals surface area contributed by atoms with Crippen molar-refractivity contribution < 1.29 is 0 Å². The van der Waals surface area contributed by atoms with Crippen molar-refractivity contribution in [2.45, 2.75) is 37.4 Å². The second kappa shape index (κ2) is 4.76. The summed E-state index contributed by atoms with van der Waals surface area (Å²) in [5.74, 6) is 1.01. The van der Waals surface area contributed by atoms with Gasteiger partial charge in [-0.1, -0.05) is 30.8 Å². The Morgan fingerprint density at radius 2 is 2.17 bits per heavy atom. The van der Waals surface area contributed by atoms with Crippen LogP contribution in [0, 0.1) is 0 Å². The quantitative estimate of drug-likeness (QED) is 0.625. The highest BCUT2D eigenvalue weighted by Crippen LogP contribution is 2.36. The molecule has 0 amide bonds. The van der Waals surface area contributed by atoms with Crippen molar-refractivity contribution in [2.75, 3.05) is 5.75 Å². The highest BCUT2D eigenvalue weighted by molar-refractivity contribution is 7.99. The largest absolute Gasteiger partial charge is 0.284 e. The summed E-state index contributed by atoms with van der Waals surface area (Å²) in [4.78, 5) is 17.2. The number of benzene rings is 1. The fourth-order valence-corrected chi connectivity index (χ4v) is 3.00. The van der Waals surface area contributed by atoms with E-state index in [9.17, 15) is 4.79 Å². The highest BCUT2D eigenvalue weighted by Gasteiger charge is 2.28. The van der Waals surface area contributed by atoms with Gasteiger partial charge in [-0.2, -0.15) is 0 Å². The van der Waals surface area contributed by atoms with E-state index in [0.29, 0.717) is 6.04 Å². The van der Waals surface area contributed by atoms with E-state index in [-0.39, 0.29) is 5.56 Å².